The summed E-state index contributed by atoms with van der Waals surface area (Å²) in [5.41, 5.74) is 0.489. The number of nitro groups is 1. The van der Waals surface area contributed by atoms with E-state index in [1.165, 1.54) is 25.3 Å². The molecule has 0 spiro atoms. The van der Waals surface area contributed by atoms with Crippen molar-refractivity contribution in [1.29, 1.82) is 0 Å². The van der Waals surface area contributed by atoms with E-state index >= 15 is 0 Å². The number of nitrogens with zero attached hydrogens (tertiary/aromatic N) is 1. The number of carbonyl (C=O) groups is 2. The van der Waals surface area contributed by atoms with Gasteiger partial charge in [-0.3, -0.25) is 10.1 Å². The molecule has 1 aromatic rings. The van der Waals surface area contributed by atoms with Crippen molar-refractivity contribution < 1.29 is 19.2 Å². The van der Waals surface area contributed by atoms with Crippen LogP contribution >= 0.6 is 0 Å². The first-order valence-corrected chi connectivity index (χ1v) is 4.89. The van der Waals surface area contributed by atoms with E-state index in [4.69, 9.17) is 0 Å². The molecule has 0 atom stereocenters. The lowest BCUT2D eigenvalue weighted by Gasteiger charge is -2.04. The minimum Gasteiger partial charge on any atom is -0.465 e. The molecular weight excluding hydrogens is 226 g/mol. The number of benzene rings is 1. The average Bonchev–Trinajstić information content (AvgIpc) is 2.34. The molecule has 0 unspecified atom stereocenters. The second-order valence-electron chi connectivity index (χ2n) is 3.30. The van der Waals surface area contributed by atoms with Crippen LogP contribution in [-0.4, -0.2) is 24.3 Å². The van der Waals surface area contributed by atoms with Crippen LogP contribution in [0.4, 0.5) is 5.69 Å². The fourth-order valence-electron chi connectivity index (χ4n) is 1.42. The molecule has 1 aromatic carbocycles. The fraction of sp³-hybridized carbons (Fsp3) is 0.273. The zero-order valence-corrected chi connectivity index (χ0v) is 9.21. The molecule has 0 aliphatic carbocycles. The maximum atomic E-state index is 11.3. The van der Waals surface area contributed by atoms with Crippen LogP contribution in [0.3, 0.4) is 0 Å². The zero-order valence-electron chi connectivity index (χ0n) is 9.21. The van der Waals surface area contributed by atoms with Crippen LogP contribution in [0.5, 0.6) is 0 Å². The van der Waals surface area contributed by atoms with Crippen molar-refractivity contribution in [3.8, 4) is 0 Å². The molecular formula is C11H11NO5. The molecule has 0 aliphatic rings. The molecule has 6 nitrogen and oxygen atoms in total. The number of ether oxygens (including phenoxy) is 1. The fourth-order valence-corrected chi connectivity index (χ4v) is 1.42. The van der Waals surface area contributed by atoms with Gasteiger partial charge in [0.25, 0.3) is 5.69 Å². The first-order chi connectivity index (χ1) is 8.10. The highest BCUT2D eigenvalue weighted by molar-refractivity contribution is 5.90. The Labute approximate surface area is 97.3 Å². The first kappa shape index (κ1) is 12.8. The van der Waals surface area contributed by atoms with E-state index in [0.29, 0.717) is 11.8 Å². The lowest BCUT2D eigenvalue weighted by atomic mass is 10.0. The van der Waals surface area contributed by atoms with Crippen LogP contribution in [-0.2, 0) is 16.0 Å². The molecule has 0 saturated carbocycles. The maximum absolute atomic E-state index is 11.3. The van der Waals surface area contributed by atoms with Crippen LogP contribution in [0.1, 0.15) is 22.3 Å². The number of aldehydes is 1. The molecule has 17 heavy (non-hydrogen) atoms. The standard InChI is InChI=1S/C11H11NO5/c1-17-11(14)9-4-5-10(12(15)16)8(7-9)3-2-6-13/h4-7H,2-3H2,1H3. The normalized spacial score (nSPS) is 9.71. The molecule has 0 fully saturated rings. The summed E-state index contributed by atoms with van der Waals surface area (Å²) >= 11 is 0. The average molecular weight is 237 g/mol. The Morgan fingerprint density at radius 1 is 1.53 bits per heavy atom. The van der Waals surface area contributed by atoms with E-state index in [0.717, 1.165) is 0 Å². The molecule has 0 bridgehead atoms. The van der Waals surface area contributed by atoms with Crippen molar-refractivity contribution >= 4 is 17.9 Å². The van der Waals surface area contributed by atoms with Crippen molar-refractivity contribution in [2.24, 2.45) is 0 Å². The quantitative estimate of drug-likeness (QED) is 0.335. The molecule has 0 saturated heterocycles. The van der Waals surface area contributed by atoms with Gasteiger partial charge in [-0.1, -0.05) is 0 Å². The Morgan fingerprint density at radius 2 is 2.24 bits per heavy atom. The van der Waals surface area contributed by atoms with Crippen LogP contribution < -0.4 is 0 Å². The van der Waals surface area contributed by atoms with Crippen LogP contribution in [0.15, 0.2) is 18.2 Å². The summed E-state index contributed by atoms with van der Waals surface area (Å²) in [4.78, 5) is 31.7. The topological polar surface area (TPSA) is 86.5 Å². The number of rotatable bonds is 5. The van der Waals surface area contributed by atoms with E-state index in [9.17, 15) is 19.7 Å². The van der Waals surface area contributed by atoms with Gasteiger partial charge in [-0.25, -0.2) is 4.79 Å². The van der Waals surface area contributed by atoms with Crippen molar-refractivity contribution in [3.05, 3.63) is 39.4 Å². The lowest BCUT2D eigenvalue weighted by Crippen LogP contribution is -2.04. The monoisotopic (exact) mass is 237 g/mol. The van der Waals surface area contributed by atoms with Gasteiger partial charge in [0.15, 0.2) is 0 Å². The lowest BCUT2D eigenvalue weighted by molar-refractivity contribution is -0.385. The van der Waals surface area contributed by atoms with Crippen LogP contribution in [0, 0.1) is 10.1 Å². The minimum absolute atomic E-state index is 0.0977. The van der Waals surface area contributed by atoms with Crippen molar-refractivity contribution in [2.45, 2.75) is 12.8 Å². The number of esters is 1. The highest BCUT2D eigenvalue weighted by Gasteiger charge is 2.16. The Morgan fingerprint density at radius 3 is 2.76 bits per heavy atom. The molecule has 0 aliphatic heterocycles. The number of hydrogen-bond acceptors (Lipinski definition) is 5. The van der Waals surface area contributed by atoms with E-state index in [1.54, 1.807) is 0 Å². The number of hydrogen-bond donors (Lipinski definition) is 0. The summed E-state index contributed by atoms with van der Waals surface area (Å²) in [6.07, 6.45) is 1.07. The molecule has 6 heteroatoms. The second kappa shape index (κ2) is 5.74. The van der Waals surface area contributed by atoms with Gasteiger partial charge in [0.2, 0.25) is 0 Å². The smallest absolute Gasteiger partial charge is 0.337 e. The number of aryl methyl sites for hydroxylation is 1. The van der Waals surface area contributed by atoms with Gasteiger partial charge in [0.1, 0.15) is 6.29 Å². The second-order valence-corrected chi connectivity index (χ2v) is 3.30. The van der Waals surface area contributed by atoms with Gasteiger partial charge in [-0.2, -0.15) is 0 Å². The van der Waals surface area contributed by atoms with E-state index in [2.05, 4.69) is 4.74 Å². The van der Waals surface area contributed by atoms with E-state index in [-0.39, 0.29) is 24.1 Å². The summed E-state index contributed by atoms with van der Waals surface area (Å²) in [7, 11) is 1.23. The van der Waals surface area contributed by atoms with E-state index in [1.807, 2.05) is 0 Å². The minimum atomic E-state index is -0.563. The Kier molecular flexibility index (Phi) is 4.33. The van der Waals surface area contributed by atoms with Crippen LogP contribution in [0.2, 0.25) is 0 Å². The molecule has 90 valence electrons. The van der Waals surface area contributed by atoms with Crippen molar-refractivity contribution in [2.75, 3.05) is 7.11 Å². The highest BCUT2D eigenvalue weighted by atomic mass is 16.6. The van der Waals surface area contributed by atoms with Gasteiger partial charge >= 0.3 is 5.97 Å². The third-order valence-corrected chi connectivity index (χ3v) is 2.23. The van der Waals surface area contributed by atoms with E-state index < -0.39 is 10.9 Å². The third-order valence-electron chi connectivity index (χ3n) is 2.23. The molecule has 0 N–H and O–H groups in total. The predicted molar refractivity (Wildman–Crippen MR) is 58.8 cm³/mol. The Balaban J connectivity index is 3.13. The molecule has 0 aromatic heterocycles. The van der Waals surface area contributed by atoms with Gasteiger partial charge in [0.05, 0.1) is 17.6 Å². The van der Waals surface area contributed by atoms with Gasteiger partial charge in [0, 0.05) is 18.1 Å². The number of methoxy groups -OCH3 is 1. The van der Waals surface area contributed by atoms with Gasteiger partial charge in [-0.15, -0.1) is 0 Å². The summed E-state index contributed by atoms with van der Waals surface area (Å²) < 4.78 is 4.52. The predicted octanol–water partition coefficient (Wildman–Crippen LogP) is 1.51. The summed E-state index contributed by atoms with van der Waals surface area (Å²) in [5.74, 6) is -0.563. The zero-order chi connectivity index (χ0) is 12.8. The number of carbonyl (C=O) groups excluding carboxylic acids is 2. The third kappa shape index (κ3) is 3.10. The van der Waals surface area contributed by atoms with Crippen molar-refractivity contribution in [1.82, 2.24) is 0 Å². The van der Waals surface area contributed by atoms with Crippen LogP contribution in [0.25, 0.3) is 0 Å². The van der Waals surface area contributed by atoms with Gasteiger partial charge < -0.3 is 9.53 Å². The maximum Gasteiger partial charge on any atom is 0.337 e. The van der Waals surface area contributed by atoms with Gasteiger partial charge in [-0.05, 0) is 18.6 Å². The molecule has 0 radical (unpaired) electrons. The molecule has 0 heterocycles. The summed E-state index contributed by atoms with van der Waals surface area (Å²) in [6, 6.07) is 3.95. The number of nitro benzene ring substituents is 1. The Bertz CT molecular complexity index is 455. The summed E-state index contributed by atoms with van der Waals surface area (Å²) in [5, 5.41) is 10.7. The molecule has 1 rings (SSSR count). The highest BCUT2D eigenvalue weighted by Crippen LogP contribution is 2.21. The molecule has 0 amide bonds. The summed E-state index contributed by atoms with van der Waals surface area (Å²) in [6.45, 7) is 0. The largest absolute Gasteiger partial charge is 0.465 e. The SMILES string of the molecule is COC(=O)c1ccc([N+](=O)[O-])c(CCC=O)c1. The first-order valence-electron chi connectivity index (χ1n) is 4.89. The Hall–Kier alpha value is -2.24. The van der Waals surface area contributed by atoms with Crippen molar-refractivity contribution in [3.63, 3.8) is 0 Å².